The van der Waals surface area contributed by atoms with Crippen molar-refractivity contribution < 1.29 is 4.79 Å². The Morgan fingerprint density at radius 3 is 2.67 bits per heavy atom. The van der Waals surface area contributed by atoms with Gasteiger partial charge in [0.15, 0.2) is 0 Å². The molecular formula is C18H19N5O. The summed E-state index contributed by atoms with van der Waals surface area (Å²) in [6.45, 7) is 3.47. The first-order chi connectivity index (χ1) is 11.7. The van der Waals surface area contributed by atoms with Gasteiger partial charge < -0.3 is 20.1 Å². The van der Waals surface area contributed by atoms with Gasteiger partial charge in [-0.2, -0.15) is 5.26 Å². The van der Waals surface area contributed by atoms with Gasteiger partial charge in [0, 0.05) is 43.5 Å². The van der Waals surface area contributed by atoms with Crippen LogP contribution in [0.2, 0.25) is 0 Å². The van der Waals surface area contributed by atoms with Crippen molar-refractivity contribution in [2.75, 3.05) is 33.2 Å². The summed E-state index contributed by atoms with van der Waals surface area (Å²) in [4.78, 5) is 20.3. The van der Waals surface area contributed by atoms with Crippen LogP contribution >= 0.6 is 0 Å². The zero-order valence-corrected chi connectivity index (χ0v) is 13.6. The monoisotopic (exact) mass is 321 g/mol. The van der Waals surface area contributed by atoms with Gasteiger partial charge in [-0.1, -0.05) is 18.2 Å². The van der Waals surface area contributed by atoms with Crippen molar-refractivity contribution in [3.8, 4) is 6.07 Å². The summed E-state index contributed by atoms with van der Waals surface area (Å²) in [5, 5.41) is 13.7. The van der Waals surface area contributed by atoms with E-state index in [9.17, 15) is 10.1 Å². The average molecular weight is 321 g/mol. The van der Waals surface area contributed by atoms with Gasteiger partial charge in [0.25, 0.3) is 5.91 Å². The molecule has 0 unspecified atom stereocenters. The van der Waals surface area contributed by atoms with Gasteiger partial charge in [0.2, 0.25) is 0 Å². The molecule has 4 rings (SSSR count). The summed E-state index contributed by atoms with van der Waals surface area (Å²) in [6.07, 6.45) is 0.469. The standard InChI is InChI=1S/C18H19N5O/c1-22-6-8-23(9-7-22)17-12(11-19)10-14-13-4-2-3-5-15(13)20-16(14)18(24)21-17/h2-5,20H,6-10H2,1H3,(H,21,24). The molecule has 1 aromatic heterocycles. The molecule has 0 radical (unpaired) electrons. The molecule has 3 heterocycles. The van der Waals surface area contributed by atoms with Crippen LogP contribution in [-0.4, -0.2) is 53.9 Å². The number of piperazine rings is 1. The van der Waals surface area contributed by atoms with E-state index in [2.05, 4.69) is 33.2 Å². The van der Waals surface area contributed by atoms with Gasteiger partial charge in [-0.3, -0.25) is 4.79 Å². The third-order valence-corrected chi connectivity index (χ3v) is 4.87. The summed E-state index contributed by atoms with van der Waals surface area (Å²) in [5.41, 5.74) is 3.02. The number of H-pyrrole nitrogens is 1. The van der Waals surface area contributed by atoms with Gasteiger partial charge in [-0.15, -0.1) is 0 Å². The fraction of sp³-hybridized carbons (Fsp3) is 0.333. The second-order valence-electron chi connectivity index (χ2n) is 6.38. The number of allylic oxidation sites excluding steroid dienone is 1. The number of carbonyl (C=O) groups excluding carboxylic acids is 1. The van der Waals surface area contributed by atoms with Gasteiger partial charge >= 0.3 is 0 Å². The van der Waals surface area contributed by atoms with E-state index in [1.807, 2.05) is 24.3 Å². The zero-order chi connectivity index (χ0) is 16.7. The van der Waals surface area contributed by atoms with Crippen molar-refractivity contribution >= 4 is 16.8 Å². The number of nitrogens with zero attached hydrogens (tertiary/aromatic N) is 3. The topological polar surface area (TPSA) is 75.2 Å². The molecule has 6 heteroatoms. The highest BCUT2D eigenvalue weighted by molar-refractivity contribution is 6.02. The predicted octanol–water partition coefficient (Wildman–Crippen LogP) is 1.44. The first kappa shape index (κ1) is 14.8. The number of amides is 1. The quantitative estimate of drug-likeness (QED) is 0.833. The van der Waals surface area contributed by atoms with E-state index < -0.39 is 0 Å². The minimum Gasteiger partial charge on any atom is -0.355 e. The van der Waals surface area contributed by atoms with E-state index in [1.165, 1.54) is 0 Å². The Morgan fingerprint density at radius 2 is 1.92 bits per heavy atom. The lowest BCUT2D eigenvalue weighted by Crippen LogP contribution is -2.47. The number of likely N-dealkylation sites (N-methyl/N-ethyl adjacent to an activating group) is 1. The SMILES string of the molecule is CN1CCN(C2=C(C#N)Cc3c([nH]c4ccccc34)C(=O)N2)CC1. The maximum absolute atomic E-state index is 12.7. The van der Waals surface area contributed by atoms with Gasteiger partial charge in [0.05, 0.1) is 11.6 Å². The van der Waals surface area contributed by atoms with E-state index in [0.29, 0.717) is 23.5 Å². The average Bonchev–Trinajstić information content (AvgIpc) is 2.90. The molecule has 0 aliphatic carbocycles. The number of rotatable bonds is 1. The third-order valence-electron chi connectivity index (χ3n) is 4.87. The molecule has 24 heavy (non-hydrogen) atoms. The van der Waals surface area contributed by atoms with Crippen LogP contribution in [0.15, 0.2) is 35.7 Å². The minimum absolute atomic E-state index is 0.166. The number of nitrogens with one attached hydrogen (secondary N) is 2. The lowest BCUT2D eigenvalue weighted by atomic mass is 10.0. The Hall–Kier alpha value is -2.78. The molecule has 1 aromatic carbocycles. The normalized spacial score (nSPS) is 19.0. The Balaban J connectivity index is 1.78. The van der Waals surface area contributed by atoms with E-state index >= 15 is 0 Å². The number of hydrogen-bond acceptors (Lipinski definition) is 4. The van der Waals surface area contributed by atoms with Gasteiger partial charge in [-0.05, 0) is 18.7 Å². The number of hydrogen-bond donors (Lipinski definition) is 2. The smallest absolute Gasteiger partial charge is 0.273 e. The largest absolute Gasteiger partial charge is 0.355 e. The van der Waals surface area contributed by atoms with Crippen molar-refractivity contribution in [2.24, 2.45) is 0 Å². The molecule has 1 amide bonds. The molecule has 2 N–H and O–H groups in total. The molecule has 0 spiro atoms. The number of para-hydroxylation sites is 1. The van der Waals surface area contributed by atoms with Crippen molar-refractivity contribution in [1.82, 2.24) is 20.1 Å². The Kier molecular flexibility index (Phi) is 3.51. The highest BCUT2D eigenvalue weighted by atomic mass is 16.2. The fourth-order valence-corrected chi connectivity index (χ4v) is 3.48. The van der Waals surface area contributed by atoms with E-state index in [4.69, 9.17) is 0 Å². The summed E-state index contributed by atoms with van der Waals surface area (Å²) in [7, 11) is 2.08. The van der Waals surface area contributed by atoms with Crippen LogP contribution in [0.25, 0.3) is 10.9 Å². The molecule has 0 bridgehead atoms. The molecule has 6 nitrogen and oxygen atoms in total. The van der Waals surface area contributed by atoms with E-state index in [1.54, 1.807) is 0 Å². The number of carbonyl (C=O) groups is 1. The maximum Gasteiger partial charge on any atom is 0.273 e. The van der Waals surface area contributed by atoms with Crippen LogP contribution in [0.3, 0.4) is 0 Å². The summed E-state index contributed by atoms with van der Waals surface area (Å²) in [5.74, 6) is 0.504. The molecule has 1 fully saturated rings. The van der Waals surface area contributed by atoms with Crippen LogP contribution < -0.4 is 5.32 Å². The number of fused-ring (bicyclic) bond motifs is 3. The van der Waals surface area contributed by atoms with Crippen LogP contribution in [0, 0.1) is 11.3 Å². The Labute approximate surface area is 140 Å². The lowest BCUT2D eigenvalue weighted by Gasteiger charge is -2.35. The molecule has 2 aliphatic heterocycles. The molecule has 2 aromatic rings. The highest BCUT2D eigenvalue weighted by Crippen LogP contribution is 2.28. The Bertz CT molecular complexity index is 880. The molecule has 122 valence electrons. The second kappa shape index (κ2) is 5.69. The third kappa shape index (κ3) is 2.34. The Morgan fingerprint density at radius 1 is 1.17 bits per heavy atom. The number of aromatic amines is 1. The number of nitriles is 1. The summed E-state index contributed by atoms with van der Waals surface area (Å²) in [6, 6.07) is 10.2. The minimum atomic E-state index is -0.166. The molecule has 2 aliphatic rings. The zero-order valence-electron chi connectivity index (χ0n) is 13.6. The summed E-state index contributed by atoms with van der Waals surface area (Å²) >= 11 is 0. The van der Waals surface area contributed by atoms with Crippen LogP contribution in [-0.2, 0) is 6.42 Å². The summed E-state index contributed by atoms with van der Waals surface area (Å²) < 4.78 is 0. The van der Waals surface area contributed by atoms with E-state index in [-0.39, 0.29) is 5.91 Å². The molecule has 0 saturated carbocycles. The van der Waals surface area contributed by atoms with Crippen molar-refractivity contribution in [3.63, 3.8) is 0 Å². The first-order valence-electron chi connectivity index (χ1n) is 8.15. The van der Waals surface area contributed by atoms with Gasteiger partial charge in [0.1, 0.15) is 11.5 Å². The molecular weight excluding hydrogens is 302 g/mol. The number of aromatic nitrogens is 1. The van der Waals surface area contributed by atoms with Crippen LogP contribution in [0.5, 0.6) is 0 Å². The maximum atomic E-state index is 12.7. The van der Waals surface area contributed by atoms with Crippen molar-refractivity contribution in [3.05, 3.63) is 46.9 Å². The lowest BCUT2D eigenvalue weighted by molar-refractivity contribution is 0.0936. The predicted molar refractivity (Wildman–Crippen MR) is 91.2 cm³/mol. The molecule has 0 atom stereocenters. The highest BCUT2D eigenvalue weighted by Gasteiger charge is 2.28. The van der Waals surface area contributed by atoms with E-state index in [0.717, 1.165) is 42.6 Å². The van der Waals surface area contributed by atoms with Crippen LogP contribution in [0.4, 0.5) is 0 Å². The number of benzene rings is 1. The van der Waals surface area contributed by atoms with Crippen molar-refractivity contribution in [2.45, 2.75) is 6.42 Å². The fourth-order valence-electron chi connectivity index (χ4n) is 3.48. The van der Waals surface area contributed by atoms with Crippen LogP contribution in [0.1, 0.15) is 16.1 Å². The van der Waals surface area contributed by atoms with Crippen molar-refractivity contribution in [1.29, 1.82) is 5.26 Å². The second-order valence-corrected chi connectivity index (χ2v) is 6.38. The first-order valence-corrected chi connectivity index (χ1v) is 8.15. The molecule has 1 saturated heterocycles. The van der Waals surface area contributed by atoms with Gasteiger partial charge in [-0.25, -0.2) is 0 Å².